The summed E-state index contributed by atoms with van der Waals surface area (Å²) in [5.41, 5.74) is -0.642. The van der Waals surface area contributed by atoms with Crippen LogP contribution in [0.4, 0.5) is 0 Å². The minimum Gasteiger partial charge on any atom is -0.455 e. The van der Waals surface area contributed by atoms with Crippen LogP contribution in [0.1, 0.15) is 71.5 Å². The lowest BCUT2D eigenvalue weighted by Crippen LogP contribution is -2.59. The van der Waals surface area contributed by atoms with Crippen LogP contribution in [0.25, 0.3) is 0 Å². The van der Waals surface area contributed by atoms with Crippen LogP contribution in [-0.4, -0.2) is 100 Å². The molecule has 0 aromatic heterocycles. The largest absolute Gasteiger partial charge is 0.455 e. The molecule has 8 atom stereocenters. The fourth-order valence-corrected chi connectivity index (χ4v) is 7.58. The van der Waals surface area contributed by atoms with Crippen molar-refractivity contribution in [2.75, 3.05) is 26.7 Å². The zero-order valence-electron chi connectivity index (χ0n) is 27.7. The maximum atomic E-state index is 14.7. The third-order valence-electron chi connectivity index (χ3n) is 10.3. The molecule has 1 spiro atoms. The van der Waals surface area contributed by atoms with Crippen LogP contribution in [0, 0.1) is 17.8 Å². The van der Waals surface area contributed by atoms with Crippen LogP contribution < -0.4 is 0 Å². The highest BCUT2D eigenvalue weighted by atomic mass is 16.6. The molecule has 5 rings (SSSR count). The number of hydrogen-bond acceptors (Lipinski definition) is 7. The summed E-state index contributed by atoms with van der Waals surface area (Å²) in [5, 5.41) is 10.5. The number of ether oxygens (including phenoxy) is 2. The van der Waals surface area contributed by atoms with Gasteiger partial charge in [-0.05, 0) is 31.2 Å². The van der Waals surface area contributed by atoms with Crippen LogP contribution in [0.5, 0.6) is 0 Å². The number of allylic oxidation sites excluding steroid dienone is 1. The number of aliphatic hydroxyl groups excluding tert-OH is 1. The molecule has 2 fully saturated rings. The lowest BCUT2D eigenvalue weighted by molar-refractivity contribution is -0.164. The van der Waals surface area contributed by atoms with Gasteiger partial charge in [-0.3, -0.25) is 19.2 Å². The lowest BCUT2D eigenvalue weighted by Gasteiger charge is -2.40. The second-order valence-corrected chi connectivity index (χ2v) is 13.5. The van der Waals surface area contributed by atoms with Crippen LogP contribution in [0.2, 0.25) is 0 Å². The van der Waals surface area contributed by atoms with E-state index >= 15 is 0 Å². The van der Waals surface area contributed by atoms with Gasteiger partial charge in [0.1, 0.15) is 23.7 Å². The molecule has 4 aliphatic rings. The summed E-state index contributed by atoms with van der Waals surface area (Å²) >= 11 is 0. The molecule has 250 valence electrons. The Morgan fingerprint density at radius 3 is 2.46 bits per heavy atom. The average molecular weight is 636 g/mol. The average Bonchev–Trinajstić information content (AvgIpc) is 3.69. The Bertz CT molecular complexity index is 1350. The number of carbonyl (C=O) groups excluding carboxylic acids is 4. The predicted molar refractivity (Wildman–Crippen MR) is 172 cm³/mol. The first-order valence-electron chi connectivity index (χ1n) is 16.8. The number of amides is 3. The van der Waals surface area contributed by atoms with Gasteiger partial charge < -0.3 is 29.3 Å². The van der Waals surface area contributed by atoms with Crippen molar-refractivity contribution in [2.45, 2.75) is 95.7 Å². The van der Waals surface area contributed by atoms with E-state index in [2.05, 4.69) is 6.92 Å². The number of rotatable bonds is 8. The normalized spacial score (nSPS) is 33.2. The third-order valence-corrected chi connectivity index (χ3v) is 10.3. The van der Waals surface area contributed by atoms with E-state index in [1.807, 2.05) is 63.3 Å². The molecule has 1 aromatic rings. The first-order valence-corrected chi connectivity index (χ1v) is 16.8. The second-order valence-electron chi connectivity index (χ2n) is 13.5. The number of unbranched alkanes of at least 4 members (excludes halogenated alkanes) is 2. The number of fused-ring (bicyclic) bond motifs is 2. The van der Waals surface area contributed by atoms with Crippen molar-refractivity contribution >= 4 is 23.7 Å². The number of nitrogens with zero attached hydrogens (tertiary/aromatic N) is 3. The topological polar surface area (TPSA) is 117 Å². The van der Waals surface area contributed by atoms with Gasteiger partial charge in [0.05, 0.1) is 30.7 Å². The molecule has 3 amide bonds. The summed E-state index contributed by atoms with van der Waals surface area (Å²) in [7, 11) is 1.71. The smallest absolute Gasteiger partial charge is 0.313 e. The molecule has 10 heteroatoms. The molecule has 0 aliphatic carbocycles. The van der Waals surface area contributed by atoms with E-state index in [4.69, 9.17) is 9.47 Å². The van der Waals surface area contributed by atoms with Crippen molar-refractivity contribution in [1.82, 2.24) is 14.7 Å². The zero-order valence-corrected chi connectivity index (χ0v) is 27.7. The standard InChI is InChI=1S/C36H49N3O7/c1-6-7-13-20-38-21-14-9-12-17-28(41)37(5)24(4)31(25-15-10-8-11-16-25)45-35(44)29-27-18-19-36(46-27)30(29)33(42)39(32(36)34(38)43)26(22-40)23(2)3/h8-11,14-16,18-19,23-24,26-27,29-32,40H,6-7,12-13,17,20-22H2,1-5H3/b14-9-/t24-,26+,27+,29-,30-,31+,32+,36-/m1/s1. The van der Waals surface area contributed by atoms with Crippen LogP contribution in [-0.2, 0) is 28.7 Å². The maximum Gasteiger partial charge on any atom is 0.313 e. The molecule has 0 saturated carbocycles. The number of likely N-dealkylation sites (N-methyl/N-ethyl adjacent to an activating group) is 1. The number of esters is 1. The number of benzene rings is 1. The Balaban J connectivity index is 1.61. The van der Waals surface area contributed by atoms with E-state index in [0.29, 0.717) is 19.5 Å². The van der Waals surface area contributed by atoms with Gasteiger partial charge in [-0.2, -0.15) is 0 Å². The number of cyclic esters (lactones) is 1. The Kier molecular flexibility index (Phi) is 10.4. The molecule has 0 unspecified atom stereocenters. The van der Waals surface area contributed by atoms with Gasteiger partial charge in [0.25, 0.3) is 0 Å². The van der Waals surface area contributed by atoms with Crippen molar-refractivity contribution < 1.29 is 33.8 Å². The molecule has 0 radical (unpaired) electrons. The van der Waals surface area contributed by atoms with Crippen molar-refractivity contribution in [2.24, 2.45) is 17.8 Å². The van der Waals surface area contributed by atoms with E-state index in [1.165, 1.54) is 4.90 Å². The molecule has 46 heavy (non-hydrogen) atoms. The van der Waals surface area contributed by atoms with Gasteiger partial charge in [0.15, 0.2) is 0 Å². The highest BCUT2D eigenvalue weighted by molar-refractivity contribution is 5.99. The van der Waals surface area contributed by atoms with Crippen LogP contribution in [0.15, 0.2) is 54.6 Å². The van der Waals surface area contributed by atoms with E-state index in [-0.39, 0.29) is 36.7 Å². The van der Waals surface area contributed by atoms with Crippen molar-refractivity contribution in [3.05, 3.63) is 60.2 Å². The summed E-state index contributed by atoms with van der Waals surface area (Å²) in [5.74, 6) is -3.51. The molecule has 1 aromatic carbocycles. The maximum absolute atomic E-state index is 14.7. The first-order chi connectivity index (χ1) is 22.1. The van der Waals surface area contributed by atoms with E-state index < -0.39 is 53.7 Å². The second kappa shape index (κ2) is 14.1. The molecular weight excluding hydrogens is 586 g/mol. The monoisotopic (exact) mass is 635 g/mol. The van der Waals surface area contributed by atoms with E-state index in [0.717, 1.165) is 24.8 Å². The minimum atomic E-state index is -1.37. The number of hydrogen-bond donors (Lipinski definition) is 1. The molecule has 4 aliphatic heterocycles. The number of aliphatic hydroxyl groups is 1. The zero-order chi connectivity index (χ0) is 33.2. The van der Waals surface area contributed by atoms with E-state index in [1.54, 1.807) is 29.0 Å². The number of likely N-dealkylation sites (tertiary alicyclic amines) is 1. The Morgan fingerprint density at radius 2 is 1.78 bits per heavy atom. The minimum absolute atomic E-state index is 0.0897. The highest BCUT2D eigenvalue weighted by Gasteiger charge is 2.74. The van der Waals surface area contributed by atoms with Crippen molar-refractivity contribution in [1.29, 1.82) is 0 Å². The van der Waals surface area contributed by atoms with Gasteiger partial charge in [0, 0.05) is 26.6 Å². The van der Waals surface area contributed by atoms with Gasteiger partial charge >= 0.3 is 5.97 Å². The predicted octanol–water partition coefficient (Wildman–Crippen LogP) is 3.65. The Hall–Kier alpha value is -3.50. The Morgan fingerprint density at radius 1 is 1.04 bits per heavy atom. The van der Waals surface area contributed by atoms with Crippen LogP contribution >= 0.6 is 0 Å². The SMILES string of the molecule is CCCCCN1C/C=C\CCC(=O)N(C)[C@H](C)[C@@H](c2ccccc2)OC(=O)[C@@H]2[C@@H]3C=C[C@]4(O3)[C@H](C1=O)N([C@@H](CO)C(C)C)C(=O)[C@@H]24. The molecule has 5 bridgehead atoms. The van der Waals surface area contributed by atoms with Crippen molar-refractivity contribution in [3.8, 4) is 0 Å². The fourth-order valence-electron chi connectivity index (χ4n) is 7.58. The number of carbonyl (C=O) groups is 4. The fraction of sp³-hybridized carbons (Fsp3) is 0.611. The van der Waals surface area contributed by atoms with Gasteiger partial charge in [-0.1, -0.05) is 88.2 Å². The van der Waals surface area contributed by atoms with Crippen molar-refractivity contribution in [3.63, 3.8) is 0 Å². The molecule has 1 N–H and O–H groups in total. The summed E-state index contributed by atoms with van der Waals surface area (Å²) in [4.78, 5) is 61.7. The van der Waals surface area contributed by atoms with Gasteiger partial charge in [-0.15, -0.1) is 0 Å². The summed E-state index contributed by atoms with van der Waals surface area (Å²) < 4.78 is 12.8. The van der Waals surface area contributed by atoms with Gasteiger partial charge in [0.2, 0.25) is 17.7 Å². The summed E-state index contributed by atoms with van der Waals surface area (Å²) in [6, 6.07) is 7.09. The molecule has 10 nitrogen and oxygen atoms in total. The molecule has 4 heterocycles. The Labute approximate surface area is 272 Å². The third kappa shape index (κ3) is 6.01. The van der Waals surface area contributed by atoms with Crippen LogP contribution in [0.3, 0.4) is 0 Å². The summed E-state index contributed by atoms with van der Waals surface area (Å²) in [6.45, 7) is 8.23. The summed E-state index contributed by atoms with van der Waals surface area (Å²) in [6.07, 6.45) is 9.30. The van der Waals surface area contributed by atoms with Gasteiger partial charge in [-0.25, -0.2) is 0 Å². The molecular formula is C36H49N3O7. The first kappa shape index (κ1) is 33.9. The quantitative estimate of drug-likeness (QED) is 0.263. The lowest BCUT2D eigenvalue weighted by atomic mass is 9.74. The van der Waals surface area contributed by atoms with E-state index in [9.17, 15) is 24.3 Å². The molecule has 2 saturated heterocycles. The highest BCUT2D eigenvalue weighted by Crippen LogP contribution is 2.56.